The number of benzene rings is 1. The Labute approximate surface area is 182 Å². The van der Waals surface area contributed by atoms with Crippen LogP contribution < -0.4 is 28.7 Å². The minimum atomic E-state index is -0.936. The van der Waals surface area contributed by atoms with Gasteiger partial charge in [0.15, 0.2) is 23.4 Å². The molecular weight excluding hydrogens is 469 g/mol. The Morgan fingerprint density at radius 2 is 2.07 bits per heavy atom. The maximum atomic E-state index is 12.8. The Kier molecular flexibility index (Phi) is 4.00. The van der Waals surface area contributed by atoms with Crippen molar-refractivity contribution in [1.29, 1.82) is 0 Å². The van der Waals surface area contributed by atoms with Gasteiger partial charge in [0.25, 0.3) is 0 Å². The van der Waals surface area contributed by atoms with Crippen molar-refractivity contribution in [3.05, 3.63) is 23.3 Å². The Morgan fingerprint density at radius 3 is 2.79 bits per heavy atom. The molecule has 6 heteroatoms. The van der Waals surface area contributed by atoms with Crippen molar-refractivity contribution < 1.29 is 48.2 Å². The van der Waals surface area contributed by atoms with Crippen LogP contribution in [0.3, 0.4) is 0 Å². The molecule has 5 atom stereocenters. The van der Waals surface area contributed by atoms with E-state index in [1.165, 1.54) is 19.3 Å². The van der Waals surface area contributed by atoms with Crippen LogP contribution in [-0.4, -0.2) is 58.4 Å². The largest absolute Gasteiger partial charge is 1.00 e. The average Bonchev–Trinajstić information content (AvgIpc) is 2.97. The maximum absolute atomic E-state index is 12.8. The van der Waals surface area contributed by atoms with Gasteiger partial charge in [-0.3, -0.25) is 4.79 Å². The zero-order chi connectivity index (χ0) is 18.6. The first-order chi connectivity index (χ1) is 12.9. The Morgan fingerprint density at radius 1 is 1.29 bits per heavy atom. The number of ketones is 1. The second kappa shape index (κ2) is 5.85. The number of aromatic hydroxyl groups is 1. The fraction of sp³-hybridized carbons (Fsp3) is 0.682. The fourth-order valence-electron chi connectivity index (χ4n) is 7.31. The van der Waals surface area contributed by atoms with E-state index >= 15 is 0 Å². The van der Waals surface area contributed by atoms with Crippen molar-refractivity contribution in [2.24, 2.45) is 5.92 Å². The standard InChI is InChI=1S/C22H27NO4.HI/c1-23(12-13-3-2-4-13)10-9-21-18-14-5-6-15(24)19(18)27-20(21)16(25)7-8-22(21,26)17(23)11-14;/h5-6,13,17,20,26H,2-4,7-12H2,1H3;1H/t17-,20+,21-,22-,23?;/m1./s1. The van der Waals surface area contributed by atoms with Gasteiger partial charge in [-0.15, -0.1) is 0 Å². The molecule has 0 aromatic heterocycles. The molecule has 3 fully saturated rings. The molecule has 1 aromatic rings. The van der Waals surface area contributed by atoms with Crippen LogP contribution in [0.5, 0.6) is 11.5 Å². The van der Waals surface area contributed by atoms with Crippen LogP contribution in [0.1, 0.15) is 49.7 Å². The number of phenolic OH excluding ortho intramolecular Hbond substituents is 1. The molecule has 2 bridgehead atoms. The molecule has 2 N–H and O–H groups in total. The molecule has 0 amide bonds. The van der Waals surface area contributed by atoms with Crippen molar-refractivity contribution in [3.63, 3.8) is 0 Å². The summed E-state index contributed by atoms with van der Waals surface area (Å²) in [5.74, 6) is 1.41. The summed E-state index contributed by atoms with van der Waals surface area (Å²) in [6, 6.07) is 3.78. The summed E-state index contributed by atoms with van der Waals surface area (Å²) in [4.78, 5) is 12.8. The highest BCUT2D eigenvalue weighted by Crippen LogP contribution is 2.65. The van der Waals surface area contributed by atoms with Crippen LogP contribution in [0.15, 0.2) is 12.1 Å². The topological polar surface area (TPSA) is 66.8 Å². The van der Waals surface area contributed by atoms with Gasteiger partial charge in [0.2, 0.25) is 0 Å². The second-order valence-corrected chi connectivity index (χ2v) is 9.96. The first-order valence-corrected chi connectivity index (χ1v) is 10.5. The highest BCUT2D eigenvalue weighted by Gasteiger charge is 2.76. The predicted octanol–water partition coefficient (Wildman–Crippen LogP) is -0.936. The lowest BCUT2D eigenvalue weighted by Crippen LogP contribution is -3.00. The summed E-state index contributed by atoms with van der Waals surface area (Å²) in [7, 11) is 2.32. The Hall–Kier alpha value is -0.860. The third-order valence-electron chi connectivity index (χ3n) is 8.80. The van der Waals surface area contributed by atoms with Crippen molar-refractivity contribution in [2.45, 2.75) is 68.1 Å². The molecule has 152 valence electrons. The molecule has 28 heavy (non-hydrogen) atoms. The van der Waals surface area contributed by atoms with E-state index in [-0.39, 0.29) is 41.6 Å². The molecule has 1 aromatic carbocycles. The fourth-order valence-corrected chi connectivity index (χ4v) is 7.31. The van der Waals surface area contributed by atoms with E-state index in [0.29, 0.717) is 18.6 Å². The molecule has 2 heterocycles. The summed E-state index contributed by atoms with van der Waals surface area (Å²) in [5.41, 5.74) is 0.488. The number of piperidine rings is 1. The molecule has 5 nitrogen and oxygen atoms in total. The van der Waals surface area contributed by atoms with E-state index in [2.05, 4.69) is 7.05 Å². The number of phenols is 1. The number of hydrogen-bond acceptors (Lipinski definition) is 4. The monoisotopic (exact) mass is 497 g/mol. The lowest BCUT2D eigenvalue weighted by atomic mass is 9.48. The van der Waals surface area contributed by atoms with Gasteiger partial charge in [-0.1, -0.05) is 12.5 Å². The van der Waals surface area contributed by atoms with Gasteiger partial charge in [0.1, 0.15) is 11.6 Å². The van der Waals surface area contributed by atoms with Crippen molar-refractivity contribution in [2.75, 3.05) is 20.1 Å². The lowest BCUT2D eigenvalue weighted by Gasteiger charge is -2.64. The number of carbonyl (C=O) groups is 1. The number of nitrogens with zero attached hydrogens (tertiary/aromatic N) is 1. The number of Topliss-reactive ketones (excluding diaryl/α,β-unsaturated/α-hetero) is 1. The minimum absolute atomic E-state index is 0. The minimum Gasteiger partial charge on any atom is -1.00 e. The molecule has 5 aliphatic rings. The van der Waals surface area contributed by atoms with Crippen molar-refractivity contribution in [3.8, 4) is 11.5 Å². The average molecular weight is 497 g/mol. The first kappa shape index (κ1) is 19.1. The molecular formula is C22H28INO4. The Bertz CT molecular complexity index is 870. The number of quaternary nitrogens is 1. The number of likely N-dealkylation sites (N-methyl/N-ethyl adjacent to an activating group) is 1. The molecule has 6 rings (SSSR count). The molecule has 2 aliphatic heterocycles. The van der Waals surface area contributed by atoms with Gasteiger partial charge < -0.3 is 43.4 Å². The van der Waals surface area contributed by atoms with Gasteiger partial charge in [-0.25, -0.2) is 0 Å². The molecule has 1 saturated heterocycles. The van der Waals surface area contributed by atoms with Crippen LogP contribution in [0, 0.1) is 5.92 Å². The summed E-state index contributed by atoms with van der Waals surface area (Å²) >= 11 is 0. The summed E-state index contributed by atoms with van der Waals surface area (Å²) in [6.45, 7) is 2.09. The van der Waals surface area contributed by atoms with Crippen LogP contribution in [0.4, 0.5) is 0 Å². The normalized spacial score (nSPS) is 42.9. The SMILES string of the molecule is C[N+]1(CC2CCC2)CC[C@@]23c4c5ccc(O)c4O[C@H]2C(=O)CC[C@@]3(O)[C@H]1C5.[I-]. The predicted molar refractivity (Wildman–Crippen MR) is 98.8 cm³/mol. The van der Waals surface area contributed by atoms with Crippen LogP contribution in [0.2, 0.25) is 0 Å². The highest BCUT2D eigenvalue weighted by molar-refractivity contribution is 5.90. The van der Waals surface area contributed by atoms with Gasteiger partial charge in [0, 0.05) is 30.7 Å². The van der Waals surface area contributed by atoms with E-state index in [1.807, 2.05) is 6.07 Å². The van der Waals surface area contributed by atoms with Gasteiger partial charge in [-0.2, -0.15) is 0 Å². The van der Waals surface area contributed by atoms with E-state index in [0.717, 1.165) is 47.5 Å². The van der Waals surface area contributed by atoms with Crippen molar-refractivity contribution >= 4 is 5.78 Å². The smallest absolute Gasteiger partial charge is 0.174 e. The molecule has 3 aliphatic carbocycles. The Balaban J connectivity index is 0.00000171. The molecule has 1 spiro atoms. The van der Waals surface area contributed by atoms with E-state index in [9.17, 15) is 15.0 Å². The quantitative estimate of drug-likeness (QED) is 0.410. The van der Waals surface area contributed by atoms with Gasteiger partial charge in [-0.05, 0) is 30.9 Å². The second-order valence-electron chi connectivity index (χ2n) is 9.96. The summed E-state index contributed by atoms with van der Waals surface area (Å²) in [6.07, 6.45) is 5.75. The number of ether oxygens (including phenoxy) is 1. The summed E-state index contributed by atoms with van der Waals surface area (Å²) < 4.78 is 7.00. The zero-order valence-corrected chi connectivity index (χ0v) is 18.4. The lowest BCUT2D eigenvalue weighted by molar-refractivity contribution is -0.952. The van der Waals surface area contributed by atoms with Gasteiger partial charge >= 0.3 is 0 Å². The molecule has 0 radical (unpaired) electrons. The zero-order valence-electron chi connectivity index (χ0n) is 16.3. The number of hydrogen-bond donors (Lipinski definition) is 2. The van der Waals surface area contributed by atoms with Crippen LogP contribution >= 0.6 is 0 Å². The number of rotatable bonds is 2. The first-order valence-electron chi connectivity index (χ1n) is 10.5. The number of halogens is 1. The number of likely N-dealkylation sites (tertiary alicyclic amines) is 1. The highest BCUT2D eigenvalue weighted by atomic mass is 127. The van der Waals surface area contributed by atoms with Crippen LogP contribution in [-0.2, 0) is 16.6 Å². The molecule has 2 saturated carbocycles. The molecule has 1 unspecified atom stereocenters. The third-order valence-corrected chi connectivity index (χ3v) is 8.80. The van der Waals surface area contributed by atoms with E-state index in [1.54, 1.807) is 6.07 Å². The number of aliphatic hydroxyl groups is 1. The number of carbonyl (C=O) groups excluding carboxylic acids is 1. The van der Waals surface area contributed by atoms with E-state index < -0.39 is 17.1 Å². The summed E-state index contributed by atoms with van der Waals surface area (Å²) in [5, 5.41) is 22.6. The van der Waals surface area contributed by atoms with Crippen LogP contribution in [0.25, 0.3) is 0 Å². The maximum Gasteiger partial charge on any atom is 0.174 e. The van der Waals surface area contributed by atoms with Crippen molar-refractivity contribution in [1.82, 2.24) is 0 Å². The van der Waals surface area contributed by atoms with E-state index in [4.69, 9.17) is 4.74 Å². The van der Waals surface area contributed by atoms with Gasteiger partial charge in [0.05, 0.1) is 25.6 Å². The third kappa shape index (κ3) is 2.02.